The predicted molar refractivity (Wildman–Crippen MR) is 55.4 cm³/mol. The molecule has 0 aliphatic carbocycles. The average molecular weight is 265 g/mol. The quantitative estimate of drug-likeness (QED) is 0.765. The van der Waals surface area contributed by atoms with Gasteiger partial charge in [0, 0.05) is 26.2 Å². The van der Waals surface area contributed by atoms with E-state index >= 15 is 0 Å². The van der Waals surface area contributed by atoms with Gasteiger partial charge in [0.15, 0.2) is 0 Å². The zero-order valence-corrected chi connectivity index (χ0v) is 9.56. The fourth-order valence-corrected chi connectivity index (χ4v) is 1.95. The topological polar surface area (TPSA) is 80.2 Å². The van der Waals surface area contributed by atoms with E-state index in [9.17, 15) is 18.3 Å². The smallest absolute Gasteiger partial charge is 0.390 e. The van der Waals surface area contributed by atoms with E-state index in [0.29, 0.717) is 13.1 Å². The van der Waals surface area contributed by atoms with Crippen molar-refractivity contribution in [3.63, 3.8) is 0 Å². The maximum atomic E-state index is 12.6. The van der Waals surface area contributed by atoms with Crippen LogP contribution in [0.25, 0.3) is 0 Å². The van der Waals surface area contributed by atoms with E-state index in [-0.39, 0.29) is 25.5 Å². The van der Waals surface area contributed by atoms with Crippen molar-refractivity contribution in [2.24, 2.45) is 5.73 Å². The number of hydrogen-bond donors (Lipinski definition) is 2. The molecule has 0 saturated carbocycles. The first kappa shape index (κ1) is 13.2. The molecule has 1 atom stereocenters. The number of aliphatic hydroxyl groups is 1. The van der Waals surface area contributed by atoms with Crippen molar-refractivity contribution in [1.82, 2.24) is 19.7 Å². The molecule has 0 fully saturated rings. The lowest BCUT2D eigenvalue weighted by Crippen LogP contribution is -2.41. The maximum absolute atomic E-state index is 12.6. The van der Waals surface area contributed by atoms with Gasteiger partial charge in [-0.3, -0.25) is 4.90 Å². The van der Waals surface area contributed by atoms with Gasteiger partial charge in [-0.25, -0.2) is 0 Å². The molecule has 1 aromatic heterocycles. The van der Waals surface area contributed by atoms with Crippen LogP contribution in [-0.2, 0) is 19.3 Å². The third-order valence-electron chi connectivity index (χ3n) is 2.83. The molecule has 3 N–H and O–H groups in total. The molecule has 1 aliphatic heterocycles. The largest absolute Gasteiger partial charge is 0.451 e. The van der Waals surface area contributed by atoms with Crippen LogP contribution in [0.3, 0.4) is 0 Å². The molecule has 0 radical (unpaired) electrons. The van der Waals surface area contributed by atoms with E-state index in [4.69, 9.17) is 5.73 Å². The summed E-state index contributed by atoms with van der Waals surface area (Å²) in [5.41, 5.74) is 5.29. The van der Waals surface area contributed by atoms with E-state index in [1.165, 1.54) is 0 Å². The second-order valence-corrected chi connectivity index (χ2v) is 4.21. The Morgan fingerprint density at radius 1 is 1.33 bits per heavy atom. The van der Waals surface area contributed by atoms with Gasteiger partial charge in [0.05, 0.1) is 12.6 Å². The molecule has 18 heavy (non-hydrogen) atoms. The fraction of sp³-hybridized carbons (Fsp3) is 0.778. The molecule has 0 spiro atoms. The van der Waals surface area contributed by atoms with Crippen molar-refractivity contribution in [2.75, 3.05) is 19.6 Å². The summed E-state index contributed by atoms with van der Waals surface area (Å²) in [5, 5.41) is 16.1. The van der Waals surface area contributed by atoms with Crippen LogP contribution < -0.4 is 5.73 Å². The summed E-state index contributed by atoms with van der Waals surface area (Å²) in [5.74, 6) is -0.700. The monoisotopic (exact) mass is 265 g/mol. The van der Waals surface area contributed by atoms with Crippen LogP contribution in [-0.4, -0.2) is 50.5 Å². The molecular weight excluding hydrogens is 251 g/mol. The zero-order valence-electron chi connectivity index (χ0n) is 9.56. The molecule has 1 aromatic rings. The minimum absolute atomic E-state index is 0.122. The Kier molecular flexibility index (Phi) is 3.55. The van der Waals surface area contributed by atoms with Crippen molar-refractivity contribution in [1.29, 1.82) is 0 Å². The number of nitrogens with two attached hydrogens (primary N) is 1. The first-order valence-electron chi connectivity index (χ1n) is 5.51. The SMILES string of the molecule is NCC(O)CN1CCn2c(nnc2C(F)(F)F)C1. The highest BCUT2D eigenvalue weighted by atomic mass is 19.4. The summed E-state index contributed by atoms with van der Waals surface area (Å²) in [6, 6.07) is 0. The number of nitrogens with zero attached hydrogens (tertiary/aromatic N) is 4. The minimum Gasteiger partial charge on any atom is -0.390 e. The Hall–Kier alpha value is -1.19. The van der Waals surface area contributed by atoms with Crippen LogP contribution in [0, 0.1) is 0 Å². The van der Waals surface area contributed by atoms with Gasteiger partial charge in [0.1, 0.15) is 5.82 Å². The Morgan fingerprint density at radius 2 is 2.06 bits per heavy atom. The Labute approximate surface area is 101 Å². The summed E-state index contributed by atoms with van der Waals surface area (Å²) < 4.78 is 38.8. The second kappa shape index (κ2) is 4.82. The molecule has 0 aromatic carbocycles. The average Bonchev–Trinajstić information content (AvgIpc) is 2.71. The normalized spacial score (nSPS) is 18.7. The lowest BCUT2D eigenvalue weighted by atomic mass is 10.3. The number of rotatable bonds is 3. The molecule has 102 valence electrons. The van der Waals surface area contributed by atoms with Gasteiger partial charge in [-0.05, 0) is 0 Å². The van der Waals surface area contributed by atoms with E-state index in [0.717, 1.165) is 4.57 Å². The molecule has 1 aliphatic rings. The Bertz CT molecular complexity index is 419. The van der Waals surface area contributed by atoms with Crippen LogP contribution in [0.2, 0.25) is 0 Å². The molecule has 0 bridgehead atoms. The highest BCUT2D eigenvalue weighted by Crippen LogP contribution is 2.29. The van der Waals surface area contributed by atoms with Crippen molar-refractivity contribution in [3.05, 3.63) is 11.6 Å². The molecule has 6 nitrogen and oxygen atoms in total. The Morgan fingerprint density at radius 3 is 2.67 bits per heavy atom. The highest BCUT2D eigenvalue weighted by Gasteiger charge is 2.39. The predicted octanol–water partition coefficient (Wildman–Crippen LogP) is -0.568. The molecule has 0 saturated heterocycles. The maximum Gasteiger partial charge on any atom is 0.451 e. The molecule has 2 rings (SSSR count). The van der Waals surface area contributed by atoms with Crippen molar-refractivity contribution < 1.29 is 18.3 Å². The van der Waals surface area contributed by atoms with E-state index in [2.05, 4.69) is 10.2 Å². The molecule has 9 heteroatoms. The molecule has 2 heterocycles. The van der Waals surface area contributed by atoms with Gasteiger partial charge in [0.2, 0.25) is 5.82 Å². The Balaban J connectivity index is 2.10. The van der Waals surface area contributed by atoms with Crippen LogP contribution >= 0.6 is 0 Å². The number of aliphatic hydroxyl groups excluding tert-OH is 1. The van der Waals surface area contributed by atoms with Crippen LogP contribution in [0.1, 0.15) is 11.6 Å². The number of alkyl halides is 3. The summed E-state index contributed by atoms with van der Waals surface area (Å²) in [4.78, 5) is 1.81. The minimum atomic E-state index is -4.48. The van der Waals surface area contributed by atoms with Gasteiger partial charge in [-0.1, -0.05) is 0 Å². The van der Waals surface area contributed by atoms with Gasteiger partial charge in [-0.15, -0.1) is 10.2 Å². The standard InChI is InChI=1S/C9H14F3N5O/c10-9(11,12)8-15-14-7-5-16(1-2-17(7)8)4-6(18)3-13/h6,18H,1-5,13H2. The van der Waals surface area contributed by atoms with E-state index in [1.807, 2.05) is 4.90 Å². The molecule has 0 amide bonds. The van der Waals surface area contributed by atoms with Gasteiger partial charge >= 0.3 is 6.18 Å². The first-order chi connectivity index (χ1) is 8.41. The third kappa shape index (κ3) is 2.62. The number of hydrogen-bond acceptors (Lipinski definition) is 5. The molecular formula is C9H14F3N5O. The van der Waals surface area contributed by atoms with E-state index < -0.39 is 18.1 Å². The zero-order chi connectivity index (χ0) is 13.3. The number of fused-ring (bicyclic) bond motifs is 1. The number of β-amino-alcohol motifs (C(OH)–C–C–N with tert-alkyl or cyclic N) is 1. The molecule has 1 unspecified atom stereocenters. The van der Waals surface area contributed by atoms with Gasteiger partial charge in [-0.2, -0.15) is 13.2 Å². The fourth-order valence-electron chi connectivity index (χ4n) is 1.95. The van der Waals surface area contributed by atoms with Gasteiger partial charge in [0.25, 0.3) is 0 Å². The third-order valence-corrected chi connectivity index (χ3v) is 2.83. The van der Waals surface area contributed by atoms with Crippen molar-refractivity contribution in [3.8, 4) is 0 Å². The first-order valence-corrected chi connectivity index (χ1v) is 5.51. The lowest BCUT2D eigenvalue weighted by Gasteiger charge is -2.29. The summed E-state index contributed by atoms with van der Waals surface area (Å²) in [7, 11) is 0. The number of halogens is 3. The van der Waals surface area contributed by atoms with Crippen LogP contribution in [0.4, 0.5) is 13.2 Å². The van der Waals surface area contributed by atoms with Crippen molar-refractivity contribution in [2.45, 2.75) is 25.4 Å². The van der Waals surface area contributed by atoms with Crippen LogP contribution in [0.15, 0.2) is 0 Å². The number of aromatic nitrogens is 3. The summed E-state index contributed by atoms with van der Waals surface area (Å²) in [6.07, 6.45) is -5.16. The highest BCUT2D eigenvalue weighted by molar-refractivity contribution is 5.02. The van der Waals surface area contributed by atoms with Crippen molar-refractivity contribution >= 4 is 0 Å². The van der Waals surface area contributed by atoms with Gasteiger partial charge < -0.3 is 15.4 Å². The summed E-state index contributed by atoms with van der Waals surface area (Å²) >= 11 is 0. The van der Waals surface area contributed by atoms with E-state index in [1.54, 1.807) is 0 Å². The second-order valence-electron chi connectivity index (χ2n) is 4.21. The summed E-state index contributed by atoms with van der Waals surface area (Å²) in [6.45, 7) is 1.25. The lowest BCUT2D eigenvalue weighted by molar-refractivity contribution is -0.148. The van der Waals surface area contributed by atoms with Crippen LogP contribution in [0.5, 0.6) is 0 Å².